The molecule has 0 aromatic heterocycles. The first kappa shape index (κ1) is 50.4. The fraction of sp³-hybridized carbons (Fsp3) is 0.820. The van der Waals surface area contributed by atoms with Gasteiger partial charge in [-0.05, 0) is 96.3 Å². The van der Waals surface area contributed by atoms with Gasteiger partial charge in [0.05, 0.1) is 0 Å². The molecule has 0 radical (unpaired) electrons. The molecule has 2 heteroatoms. The molecule has 1 atom stereocenters. The van der Waals surface area contributed by atoms with E-state index >= 15 is 0 Å². The Morgan fingerprint density at radius 3 is 1.15 bits per heavy atom. The van der Waals surface area contributed by atoms with Crippen molar-refractivity contribution in [2.24, 2.45) is 5.92 Å². The Hall–Kier alpha value is -1.57. The lowest BCUT2D eigenvalue weighted by Crippen LogP contribution is -2.44. The Labute approximate surface area is 328 Å². The maximum absolute atomic E-state index is 14.1. The summed E-state index contributed by atoms with van der Waals surface area (Å²) >= 11 is 0. The van der Waals surface area contributed by atoms with Crippen molar-refractivity contribution in [2.75, 3.05) is 6.54 Å². The third-order valence-electron chi connectivity index (χ3n) is 11.0. The molecular formula is C50H93NO. The lowest BCUT2D eigenvalue weighted by atomic mass is 9.93. The molecule has 0 bridgehead atoms. The van der Waals surface area contributed by atoms with Gasteiger partial charge < -0.3 is 4.90 Å². The van der Waals surface area contributed by atoms with Crippen molar-refractivity contribution in [2.45, 2.75) is 253 Å². The zero-order valence-electron chi connectivity index (χ0n) is 36.2. The van der Waals surface area contributed by atoms with E-state index in [9.17, 15) is 4.79 Å². The summed E-state index contributed by atoms with van der Waals surface area (Å²) in [5, 5.41) is 0. The summed E-state index contributed by atoms with van der Waals surface area (Å²) in [5.74, 6) is 0.703. The average molecular weight is 724 g/mol. The van der Waals surface area contributed by atoms with Crippen LogP contribution in [0.2, 0.25) is 0 Å². The van der Waals surface area contributed by atoms with Crippen LogP contribution in [0.25, 0.3) is 0 Å². The van der Waals surface area contributed by atoms with Gasteiger partial charge in [-0.1, -0.05) is 199 Å². The van der Waals surface area contributed by atoms with E-state index in [1.807, 2.05) is 0 Å². The summed E-state index contributed by atoms with van der Waals surface area (Å²) in [5.41, 5.74) is 0. The van der Waals surface area contributed by atoms with Gasteiger partial charge >= 0.3 is 0 Å². The van der Waals surface area contributed by atoms with Crippen molar-refractivity contribution in [3.8, 4) is 0 Å². The average Bonchev–Trinajstić information content (AvgIpc) is 3.15. The number of unbranched alkanes of at least 4 members (excludes halogenated alkanes) is 21. The monoisotopic (exact) mass is 724 g/mol. The van der Waals surface area contributed by atoms with Gasteiger partial charge in [0, 0.05) is 18.5 Å². The van der Waals surface area contributed by atoms with Gasteiger partial charge in [0.25, 0.3) is 0 Å². The summed E-state index contributed by atoms with van der Waals surface area (Å²) in [6.07, 6.45) is 60.4. The molecule has 0 N–H and O–H groups in total. The highest BCUT2D eigenvalue weighted by Crippen LogP contribution is 2.25. The number of hydrogen-bond acceptors (Lipinski definition) is 1. The quantitative estimate of drug-likeness (QED) is 0.0455. The van der Waals surface area contributed by atoms with E-state index in [-0.39, 0.29) is 5.92 Å². The Morgan fingerprint density at radius 2 is 0.750 bits per heavy atom. The number of carbonyl (C=O) groups is 1. The summed E-state index contributed by atoms with van der Waals surface area (Å²) < 4.78 is 0. The molecule has 304 valence electrons. The molecule has 0 heterocycles. The third-order valence-corrected chi connectivity index (χ3v) is 11.0. The maximum Gasteiger partial charge on any atom is 0.225 e. The van der Waals surface area contributed by atoms with Crippen LogP contribution in [-0.2, 0) is 4.79 Å². The number of rotatable bonds is 40. The van der Waals surface area contributed by atoms with Crippen LogP contribution >= 0.6 is 0 Å². The fourth-order valence-electron chi connectivity index (χ4n) is 7.37. The minimum Gasteiger partial charge on any atom is -0.339 e. The van der Waals surface area contributed by atoms with Gasteiger partial charge in [-0.2, -0.15) is 0 Å². The molecule has 0 saturated carbocycles. The molecule has 52 heavy (non-hydrogen) atoms. The van der Waals surface area contributed by atoms with Gasteiger partial charge in [0.15, 0.2) is 0 Å². The van der Waals surface area contributed by atoms with Crippen LogP contribution < -0.4 is 0 Å². The molecule has 2 nitrogen and oxygen atoms in total. The van der Waals surface area contributed by atoms with Crippen molar-refractivity contribution in [3.05, 3.63) is 48.6 Å². The predicted molar refractivity (Wildman–Crippen MR) is 236 cm³/mol. The summed E-state index contributed by atoms with van der Waals surface area (Å²) in [7, 11) is 0. The van der Waals surface area contributed by atoms with E-state index in [4.69, 9.17) is 0 Å². The van der Waals surface area contributed by atoms with E-state index in [1.54, 1.807) is 0 Å². The second-order valence-corrected chi connectivity index (χ2v) is 15.9. The number of hydrogen-bond donors (Lipinski definition) is 0. The summed E-state index contributed by atoms with van der Waals surface area (Å²) in [6, 6.07) is 0.441. The predicted octanol–water partition coefficient (Wildman–Crippen LogP) is 17.0. The Morgan fingerprint density at radius 1 is 0.404 bits per heavy atom. The Kier molecular flexibility index (Phi) is 40.9. The number of nitrogens with zero attached hydrogens (tertiary/aromatic N) is 1. The van der Waals surface area contributed by atoms with Crippen LogP contribution in [-0.4, -0.2) is 23.4 Å². The fourth-order valence-corrected chi connectivity index (χ4v) is 7.37. The standard InChI is InChI=1S/C50H93NO/c1-6-11-15-17-19-21-23-25-27-29-31-33-35-37-39-42-45-49(51(47-14-9-4)50(52)48(10-5)44-41-13-8-3)46-43-40-38-36-34-32-30-28-26-24-22-20-18-16-12-7-2/h19-22,25-28,48-49H,6-18,23-24,29-47H2,1-5H3/b21-19-,22-20-,27-25-,28-26-. The van der Waals surface area contributed by atoms with E-state index in [0.717, 1.165) is 38.6 Å². The van der Waals surface area contributed by atoms with Gasteiger partial charge in [-0.15, -0.1) is 0 Å². The van der Waals surface area contributed by atoms with Gasteiger partial charge in [-0.3, -0.25) is 4.79 Å². The highest BCUT2D eigenvalue weighted by atomic mass is 16.2. The highest BCUT2D eigenvalue weighted by Gasteiger charge is 2.27. The van der Waals surface area contributed by atoms with E-state index in [0.29, 0.717) is 11.9 Å². The van der Waals surface area contributed by atoms with Crippen LogP contribution in [0.5, 0.6) is 0 Å². The zero-order valence-corrected chi connectivity index (χ0v) is 36.2. The lowest BCUT2D eigenvalue weighted by Gasteiger charge is -2.35. The van der Waals surface area contributed by atoms with Crippen LogP contribution in [0.1, 0.15) is 247 Å². The van der Waals surface area contributed by atoms with Crippen LogP contribution in [0.15, 0.2) is 48.6 Å². The van der Waals surface area contributed by atoms with Crippen molar-refractivity contribution < 1.29 is 4.79 Å². The second-order valence-electron chi connectivity index (χ2n) is 15.9. The maximum atomic E-state index is 14.1. The molecule has 0 aromatic carbocycles. The first-order valence-corrected chi connectivity index (χ1v) is 23.6. The molecule has 0 aromatic rings. The first-order valence-electron chi connectivity index (χ1n) is 23.6. The third kappa shape index (κ3) is 33.0. The van der Waals surface area contributed by atoms with E-state index < -0.39 is 0 Å². The molecule has 0 aliphatic carbocycles. The SMILES string of the molecule is CCCCC/C=C\C/C=C\CCCCCCCCC(CCCCCCCC/C=C\C/C=C\CCCCC)N(CCCC)C(=O)C(CC)CCCCC. The molecule has 1 amide bonds. The topological polar surface area (TPSA) is 20.3 Å². The van der Waals surface area contributed by atoms with Gasteiger partial charge in [0.1, 0.15) is 0 Å². The number of carbonyl (C=O) groups excluding carboxylic acids is 1. The van der Waals surface area contributed by atoms with Crippen molar-refractivity contribution >= 4 is 5.91 Å². The molecule has 0 saturated heterocycles. The minimum atomic E-state index is 0.220. The van der Waals surface area contributed by atoms with Crippen LogP contribution in [0, 0.1) is 5.92 Å². The van der Waals surface area contributed by atoms with Crippen molar-refractivity contribution in [1.29, 1.82) is 0 Å². The molecular weight excluding hydrogens is 631 g/mol. The van der Waals surface area contributed by atoms with Crippen molar-refractivity contribution in [3.63, 3.8) is 0 Å². The number of allylic oxidation sites excluding steroid dienone is 8. The molecule has 1 unspecified atom stereocenters. The highest BCUT2D eigenvalue weighted by molar-refractivity contribution is 5.79. The summed E-state index contributed by atoms with van der Waals surface area (Å²) in [4.78, 5) is 16.5. The first-order chi connectivity index (χ1) is 25.7. The minimum absolute atomic E-state index is 0.220. The molecule has 0 fully saturated rings. The normalized spacial score (nSPS) is 12.9. The Bertz CT molecular complexity index is 789. The molecule has 0 spiro atoms. The number of amides is 1. The zero-order chi connectivity index (χ0) is 38.0. The molecule has 0 aliphatic rings. The van der Waals surface area contributed by atoms with Gasteiger partial charge in [0.2, 0.25) is 5.91 Å². The second kappa shape index (κ2) is 42.2. The van der Waals surface area contributed by atoms with E-state index in [1.165, 1.54) is 180 Å². The lowest BCUT2D eigenvalue weighted by molar-refractivity contribution is -0.138. The molecule has 0 rings (SSSR count). The molecule has 0 aliphatic heterocycles. The summed E-state index contributed by atoms with van der Waals surface area (Å²) in [6.45, 7) is 12.3. The van der Waals surface area contributed by atoms with Crippen LogP contribution in [0.4, 0.5) is 0 Å². The van der Waals surface area contributed by atoms with E-state index in [2.05, 4.69) is 88.1 Å². The van der Waals surface area contributed by atoms with Crippen LogP contribution in [0.3, 0.4) is 0 Å². The smallest absolute Gasteiger partial charge is 0.225 e. The Balaban J connectivity index is 4.69. The van der Waals surface area contributed by atoms with Gasteiger partial charge in [-0.25, -0.2) is 0 Å². The largest absolute Gasteiger partial charge is 0.339 e. The van der Waals surface area contributed by atoms with Crippen molar-refractivity contribution in [1.82, 2.24) is 4.90 Å².